The van der Waals surface area contributed by atoms with Crippen LogP contribution in [0.3, 0.4) is 0 Å². The Labute approximate surface area is 105 Å². The molecule has 7 heteroatoms. The van der Waals surface area contributed by atoms with Gasteiger partial charge in [0.05, 0.1) is 5.69 Å². The molecule has 0 radical (unpaired) electrons. The number of benzene rings is 1. The van der Waals surface area contributed by atoms with Gasteiger partial charge < -0.3 is 5.73 Å². The fraction of sp³-hybridized carbons (Fsp3) is 0.182. The summed E-state index contributed by atoms with van der Waals surface area (Å²) in [6.45, 7) is 1.70. The highest BCUT2D eigenvalue weighted by molar-refractivity contribution is 7.93. The van der Waals surface area contributed by atoms with Gasteiger partial charge in [0.15, 0.2) is 5.82 Å². The molecule has 0 saturated heterocycles. The summed E-state index contributed by atoms with van der Waals surface area (Å²) >= 11 is 0. The number of rotatable bonds is 3. The van der Waals surface area contributed by atoms with Gasteiger partial charge in [-0.15, -0.1) is 0 Å². The first-order valence-corrected chi connectivity index (χ1v) is 6.76. The van der Waals surface area contributed by atoms with E-state index >= 15 is 0 Å². The van der Waals surface area contributed by atoms with Crippen molar-refractivity contribution < 1.29 is 8.42 Å². The van der Waals surface area contributed by atoms with Crippen molar-refractivity contribution in [1.29, 1.82) is 0 Å². The summed E-state index contributed by atoms with van der Waals surface area (Å²) in [5.74, 6) is 0.264. The van der Waals surface area contributed by atoms with Crippen LogP contribution in [0.2, 0.25) is 0 Å². The van der Waals surface area contributed by atoms with Crippen molar-refractivity contribution in [1.82, 2.24) is 9.78 Å². The molecule has 18 heavy (non-hydrogen) atoms. The van der Waals surface area contributed by atoms with Gasteiger partial charge in [0.1, 0.15) is 4.90 Å². The van der Waals surface area contributed by atoms with Crippen LogP contribution < -0.4 is 10.5 Å². The normalized spacial score (nSPS) is 11.4. The topological polar surface area (TPSA) is 90.0 Å². The fourth-order valence-electron chi connectivity index (χ4n) is 1.70. The van der Waals surface area contributed by atoms with Gasteiger partial charge in [-0.3, -0.25) is 9.40 Å². The minimum Gasteiger partial charge on any atom is -0.398 e. The zero-order valence-corrected chi connectivity index (χ0v) is 10.9. The Morgan fingerprint density at radius 3 is 2.61 bits per heavy atom. The van der Waals surface area contributed by atoms with Crippen molar-refractivity contribution in [2.75, 3.05) is 10.5 Å². The highest BCUT2D eigenvalue weighted by Gasteiger charge is 2.20. The summed E-state index contributed by atoms with van der Waals surface area (Å²) in [6, 6.07) is 6.54. The third-order valence-electron chi connectivity index (χ3n) is 2.46. The van der Waals surface area contributed by atoms with Crippen LogP contribution in [-0.2, 0) is 17.1 Å². The second-order valence-corrected chi connectivity index (χ2v) is 5.59. The number of nitrogens with two attached hydrogens (primary N) is 1. The van der Waals surface area contributed by atoms with E-state index in [9.17, 15) is 8.42 Å². The van der Waals surface area contributed by atoms with E-state index in [1.807, 2.05) is 0 Å². The van der Waals surface area contributed by atoms with Gasteiger partial charge >= 0.3 is 0 Å². The summed E-state index contributed by atoms with van der Waals surface area (Å²) in [4.78, 5) is 0.0932. The molecule has 0 atom stereocenters. The first-order valence-electron chi connectivity index (χ1n) is 5.28. The maximum atomic E-state index is 12.2. The molecule has 0 fully saturated rings. The molecule has 2 aromatic rings. The lowest BCUT2D eigenvalue weighted by molar-refractivity contribution is 0.600. The van der Waals surface area contributed by atoms with Gasteiger partial charge in [-0.25, -0.2) is 8.42 Å². The lowest BCUT2D eigenvalue weighted by Crippen LogP contribution is -2.16. The van der Waals surface area contributed by atoms with E-state index in [1.165, 1.54) is 4.68 Å². The SMILES string of the molecule is Cc1cccc(N)c1S(=O)(=O)Nc1ccn(C)n1. The number of nitrogens with one attached hydrogen (secondary N) is 1. The van der Waals surface area contributed by atoms with Gasteiger partial charge in [-0.05, 0) is 18.6 Å². The van der Waals surface area contributed by atoms with Gasteiger partial charge in [-0.2, -0.15) is 5.10 Å². The molecule has 0 aliphatic rings. The predicted molar refractivity (Wildman–Crippen MR) is 69.6 cm³/mol. The molecule has 0 saturated carbocycles. The molecule has 0 aliphatic heterocycles. The molecule has 0 unspecified atom stereocenters. The smallest absolute Gasteiger partial charge is 0.265 e. The largest absolute Gasteiger partial charge is 0.398 e. The Hall–Kier alpha value is -2.02. The van der Waals surface area contributed by atoms with E-state index in [0.29, 0.717) is 5.56 Å². The van der Waals surface area contributed by atoms with Crippen molar-refractivity contribution >= 4 is 21.5 Å². The van der Waals surface area contributed by atoms with Gasteiger partial charge in [0.2, 0.25) is 0 Å². The number of aryl methyl sites for hydroxylation is 2. The number of anilines is 2. The maximum absolute atomic E-state index is 12.2. The number of hydrogen-bond donors (Lipinski definition) is 2. The van der Waals surface area contributed by atoms with Crippen LogP contribution in [0.15, 0.2) is 35.4 Å². The Kier molecular flexibility index (Phi) is 3.00. The van der Waals surface area contributed by atoms with Gasteiger partial charge in [0, 0.05) is 19.3 Å². The standard InChI is InChI=1S/C11H14N4O2S/c1-8-4-3-5-9(12)11(8)18(16,17)14-10-6-7-15(2)13-10/h3-7H,12H2,1-2H3,(H,13,14). The van der Waals surface area contributed by atoms with Crippen LogP contribution in [-0.4, -0.2) is 18.2 Å². The molecule has 96 valence electrons. The quantitative estimate of drug-likeness (QED) is 0.814. The van der Waals surface area contributed by atoms with Crippen LogP contribution in [0.4, 0.5) is 11.5 Å². The molecule has 2 rings (SSSR count). The number of nitrogen functional groups attached to an aromatic ring is 1. The average molecular weight is 266 g/mol. The molecule has 0 bridgehead atoms. The average Bonchev–Trinajstić information content (AvgIpc) is 2.62. The molecule has 1 heterocycles. The Balaban J connectivity index is 2.43. The number of hydrogen-bond acceptors (Lipinski definition) is 4. The fourth-order valence-corrected chi connectivity index (χ4v) is 3.06. The van der Waals surface area contributed by atoms with E-state index in [4.69, 9.17) is 5.73 Å². The minimum atomic E-state index is -3.71. The van der Waals surface area contributed by atoms with Crippen molar-refractivity contribution in [2.24, 2.45) is 7.05 Å². The minimum absolute atomic E-state index is 0.0932. The highest BCUT2D eigenvalue weighted by atomic mass is 32.2. The van der Waals surface area contributed by atoms with Gasteiger partial charge in [0.25, 0.3) is 10.0 Å². The van der Waals surface area contributed by atoms with Crippen molar-refractivity contribution in [3.63, 3.8) is 0 Å². The lowest BCUT2D eigenvalue weighted by atomic mass is 10.2. The predicted octanol–water partition coefficient (Wildman–Crippen LogP) is 1.11. The first-order chi connectivity index (χ1) is 8.40. The van der Waals surface area contributed by atoms with Gasteiger partial charge in [-0.1, -0.05) is 12.1 Å². The Morgan fingerprint density at radius 1 is 1.33 bits per heavy atom. The van der Waals surface area contributed by atoms with E-state index < -0.39 is 10.0 Å². The maximum Gasteiger partial charge on any atom is 0.265 e. The number of aromatic nitrogens is 2. The Morgan fingerprint density at radius 2 is 2.06 bits per heavy atom. The van der Waals surface area contributed by atoms with Crippen LogP contribution in [0.25, 0.3) is 0 Å². The summed E-state index contributed by atoms with van der Waals surface area (Å²) in [5.41, 5.74) is 6.54. The van der Waals surface area contributed by atoms with Crippen molar-refractivity contribution in [2.45, 2.75) is 11.8 Å². The van der Waals surface area contributed by atoms with Crippen LogP contribution >= 0.6 is 0 Å². The number of sulfonamides is 1. The molecule has 6 nitrogen and oxygen atoms in total. The molecule has 3 N–H and O–H groups in total. The van der Waals surface area contributed by atoms with Crippen LogP contribution in [0, 0.1) is 6.92 Å². The van der Waals surface area contributed by atoms with Crippen LogP contribution in [0.1, 0.15) is 5.56 Å². The van der Waals surface area contributed by atoms with E-state index in [2.05, 4.69) is 9.82 Å². The zero-order chi connectivity index (χ0) is 13.3. The van der Waals surface area contributed by atoms with Crippen LogP contribution in [0.5, 0.6) is 0 Å². The number of nitrogens with zero attached hydrogens (tertiary/aromatic N) is 2. The van der Waals surface area contributed by atoms with Crippen molar-refractivity contribution in [3.8, 4) is 0 Å². The first kappa shape index (κ1) is 12.4. The second kappa shape index (κ2) is 4.34. The summed E-state index contributed by atoms with van der Waals surface area (Å²) in [7, 11) is -2.00. The van der Waals surface area contributed by atoms with Crippen molar-refractivity contribution in [3.05, 3.63) is 36.0 Å². The van der Waals surface area contributed by atoms with E-state index in [-0.39, 0.29) is 16.4 Å². The highest BCUT2D eigenvalue weighted by Crippen LogP contribution is 2.24. The molecule has 0 amide bonds. The molecule has 0 spiro atoms. The van der Waals surface area contributed by atoms with E-state index in [0.717, 1.165) is 0 Å². The lowest BCUT2D eigenvalue weighted by Gasteiger charge is -2.10. The third-order valence-corrected chi connectivity index (χ3v) is 4.04. The molecule has 1 aromatic heterocycles. The Bertz CT molecular complexity index is 656. The monoisotopic (exact) mass is 266 g/mol. The summed E-state index contributed by atoms with van der Waals surface area (Å²) < 4.78 is 28.3. The zero-order valence-electron chi connectivity index (χ0n) is 10.1. The second-order valence-electron chi connectivity index (χ2n) is 3.97. The molecule has 0 aliphatic carbocycles. The van der Waals surface area contributed by atoms with E-state index in [1.54, 1.807) is 44.4 Å². The third kappa shape index (κ3) is 2.30. The summed E-state index contributed by atoms with van der Waals surface area (Å²) in [5, 5.41) is 3.97. The molecular weight excluding hydrogens is 252 g/mol. The molecular formula is C11H14N4O2S. The summed E-state index contributed by atoms with van der Waals surface area (Å²) in [6.07, 6.45) is 1.65. The molecule has 1 aromatic carbocycles.